The molecule has 1 aliphatic rings. The van der Waals surface area contributed by atoms with Crippen LogP contribution in [0.4, 0.5) is 0 Å². The van der Waals surface area contributed by atoms with Crippen LogP contribution in [0.15, 0.2) is 24.3 Å². The predicted molar refractivity (Wildman–Crippen MR) is 82.3 cm³/mol. The van der Waals surface area contributed by atoms with E-state index < -0.39 is 8.32 Å². The molecular formula is C16H24O3Si. The number of benzene rings is 1. The lowest BCUT2D eigenvalue weighted by molar-refractivity contribution is 0.0600. The fourth-order valence-electron chi connectivity index (χ4n) is 2.84. The van der Waals surface area contributed by atoms with Gasteiger partial charge in [-0.1, -0.05) is 26.0 Å². The normalized spacial score (nSPS) is 24.3. The number of methoxy groups -OCH3 is 1. The zero-order valence-corrected chi connectivity index (χ0v) is 14.2. The van der Waals surface area contributed by atoms with Crippen LogP contribution in [-0.4, -0.2) is 21.4 Å². The molecule has 0 saturated heterocycles. The van der Waals surface area contributed by atoms with Crippen molar-refractivity contribution in [1.82, 2.24) is 0 Å². The molecule has 110 valence electrons. The lowest BCUT2D eigenvalue weighted by Crippen LogP contribution is -2.34. The van der Waals surface area contributed by atoms with Crippen LogP contribution in [0, 0.1) is 5.41 Å². The van der Waals surface area contributed by atoms with Crippen molar-refractivity contribution < 1.29 is 14.0 Å². The molecular weight excluding hydrogens is 268 g/mol. The summed E-state index contributed by atoms with van der Waals surface area (Å²) in [6.45, 7) is 11.0. The minimum Gasteiger partial charge on any atom is -0.465 e. The molecule has 4 heteroatoms. The number of esters is 1. The van der Waals surface area contributed by atoms with Gasteiger partial charge in [0.2, 0.25) is 0 Å². The zero-order valence-electron chi connectivity index (χ0n) is 13.2. The molecule has 1 saturated carbocycles. The summed E-state index contributed by atoms with van der Waals surface area (Å²) < 4.78 is 11.3. The van der Waals surface area contributed by atoms with Crippen molar-refractivity contribution in [2.75, 3.05) is 7.11 Å². The number of hydrogen-bond donors (Lipinski definition) is 0. The van der Waals surface area contributed by atoms with E-state index in [4.69, 9.17) is 9.16 Å². The minimum absolute atomic E-state index is 0.113. The third-order valence-corrected chi connectivity index (χ3v) is 4.85. The molecule has 1 aromatic carbocycles. The second kappa shape index (κ2) is 4.71. The maximum Gasteiger partial charge on any atom is 0.337 e. The summed E-state index contributed by atoms with van der Waals surface area (Å²) in [7, 11) is -0.264. The molecule has 0 heterocycles. The van der Waals surface area contributed by atoms with Gasteiger partial charge < -0.3 is 9.16 Å². The Hall–Kier alpha value is -1.13. The second-order valence-corrected chi connectivity index (χ2v) is 11.6. The Bertz CT molecular complexity index is 531. The number of carbonyl (C=O) groups excluding carboxylic acids is 1. The molecule has 0 radical (unpaired) electrons. The Labute approximate surface area is 122 Å². The molecule has 20 heavy (non-hydrogen) atoms. The predicted octanol–water partition coefficient (Wildman–Crippen LogP) is 3.95. The first-order valence-corrected chi connectivity index (χ1v) is 10.4. The van der Waals surface area contributed by atoms with Crippen LogP contribution >= 0.6 is 0 Å². The smallest absolute Gasteiger partial charge is 0.337 e. The van der Waals surface area contributed by atoms with E-state index in [0.29, 0.717) is 5.56 Å². The molecule has 0 aromatic heterocycles. The van der Waals surface area contributed by atoms with Gasteiger partial charge in [-0.3, -0.25) is 0 Å². The molecule has 1 atom stereocenters. The Kier molecular flexibility index (Phi) is 3.59. The van der Waals surface area contributed by atoms with E-state index in [9.17, 15) is 4.79 Å². The molecule has 1 aliphatic carbocycles. The maximum atomic E-state index is 11.7. The summed E-state index contributed by atoms with van der Waals surface area (Å²) in [6, 6.07) is 7.67. The molecule has 0 aliphatic heterocycles. The van der Waals surface area contributed by atoms with E-state index in [2.05, 4.69) is 39.6 Å². The van der Waals surface area contributed by atoms with Gasteiger partial charge in [-0.15, -0.1) is 0 Å². The Morgan fingerprint density at radius 3 is 2.30 bits per heavy atom. The average Bonchev–Trinajstić information content (AvgIpc) is 2.88. The maximum absolute atomic E-state index is 11.7. The van der Waals surface area contributed by atoms with Gasteiger partial charge in [0, 0.05) is 0 Å². The van der Waals surface area contributed by atoms with Gasteiger partial charge in [-0.2, -0.15) is 0 Å². The number of ether oxygens (including phenoxy) is 1. The molecule has 0 N–H and O–H groups in total. The third kappa shape index (κ3) is 2.67. The molecule has 1 aromatic rings. The lowest BCUT2D eigenvalue weighted by Gasteiger charge is -2.30. The van der Waals surface area contributed by atoms with E-state index >= 15 is 0 Å². The second-order valence-electron chi connectivity index (χ2n) is 7.17. The van der Waals surface area contributed by atoms with Crippen molar-refractivity contribution in [3.05, 3.63) is 35.4 Å². The Balaban J connectivity index is 2.40. The zero-order chi connectivity index (χ0) is 15.2. The lowest BCUT2D eigenvalue weighted by atomic mass is 9.97. The van der Waals surface area contributed by atoms with Crippen molar-refractivity contribution in [2.45, 2.75) is 45.5 Å². The molecule has 0 amide bonds. The highest BCUT2D eigenvalue weighted by Gasteiger charge is 2.64. The average molecular weight is 292 g/mol. The van der Waals surface area contributed by atoms with E-state index in [0.717, 1.165) is 12.0 Å². The molecule has 0 spiro atoms. The Morgan fingerprint density at radius 2 is 1.85 bits per heavy atom. The van der Waals surface area contributed by atoms with E-state index in [1.54, 1.807) is 6.07 Å². The SMILES string of the molecule is COC(=O)c1cccc(C2(O[Si](C)(C)C)CC2(C)C)c1. The van der Waals surface area contributed by atoms with Crippen LogP contribution in [0.2, 0.25) is 19.6 Å². The van der Waals surface area contributed by atoms with E-state index in [1.807, 2.05) is 12.1 Å². The first-order valence-electron chi connectivity index (χ1n) is 7.00. The number of rotatable bonds is 4. The molecule has 0 bridgehead atoms. The van der Waals surface area contributed by atoms with Crippen molar-refractivity contribution in [1.29, 1.82) is 0 Å². The van der Waals surface area contributed by atoms with Crippen molar-refractivity contribution in [2.24, 2.45) is 5.41 Å². The van der Waals surface area contributed by atoms with Crippen molar-refractivity contribution in [3.63, 3.8) is 0 Å². The van der Waals surface area contributed by atoms with Gasteiger partial charge in [0.1, 0.15) is 0 Å². The van der Waals surface area contributed by atoms with E-state index in [1.165, 1.54) is 7.11 Å². The van der Waals surface area contributed by atoms with Gasteiger partial charge in [0.05, 0.1) is 18.3 Å². The van der Waals surface area contributed by atoms with Crippen LogP contribution < -0.4 is 0 Å². The summed E-state index contributed by atoms with van der Waals surface area (Å²) in [5.74, 6) is -0.298. The van der Waals surface area contributed by atoms with Gasteiger partial charge in [0.25, 0.3) is 0 Å². The third-order valence-electron chi connectivity index (χ3n) is 3.89. The van der Waals surface area contributed by atoms with Gasteiger partial charge in [-0.25, -0.2) is 4.79 Å². The number of carbonyl (C=O) groups is 1. The fraction of sp³-hybridized carbons (Fsp3) is 0.562. The summed E-state index contributed by atoms with van der Waals surface area (Å²) >= 11 is 0. The summed E-state index contributed by atoms with van der Waals surface area (Å²) in [5.41, 5.74) is 1.54. The summed E-state index contributed by atoms with van der Waals surface area (Å²) in [6.07, 6.45) is 0.995. The van der Waals surface area contributed by atoms with E-state index in [-0.39, 0.29) is 17.0 Å². The number of hydrogen-bond acceptors (Lipinski definition) is 3. The van der Waals surface area contributed by atoms with Crippen LogP contribution in [0.3, 0.4) is 0 Å². The van der Waals surface area contributed by atoms with Gasteiger partial charge >= 0.3 is 5.97 Å². The van der Waals surface area contributed by atoms with Crippen LogP contribution in [0.5, 0.6) is 0 Å². The molecule has 3 nitrogen and oxygen atoms in total. The van der Waals surface area contributed by atoms with Gasteiger partial charge in [-0.05, 0) is 49.2 Å². The Morgan fingerprint density at radius 1 is 1.25 bits per heavy atom. The minimum atomic E-state index is -1.67. The first-order chi connectivity index (χ1) is 9.11. The standard InChI is InChI=1S/C16H24O3Si/c1-15(2)11-16(15,19-20(4,5)6)13-9-7-8-12(10-13)14(17)18-3/h7-10H,11H2,1-6H3. The van der Waals surface area contributed by atoms with Crippen molar-refractivity contribution in [3.8, 4) is 0 Å². The molecule has 2 rings (SSSR count). The van der Waals surface area contributed by atoms with Gasteiger partial charge in [0.15, 0.2) is 8.32 Å². The topological polar surface area (TPSA) is 35.5 Å². The summed E-state index contributed by atoms with van der Waals surface area (Å²) in [5, 5.41) is 0. The fourth-order valence-corrected chi connectivity index (χ4v) is 4.35. The highest BCUT2D eigenvalue weighted by Crippen LogP contribution is 2.65. The quantitative estimate of drug-likeness (QED) is 0.622. The van der Waals surface area contributed by atoms with Crippen LogP contribution in [-0.2, 0) is 14.8 Å². The summed E-state index contributed by atoms with van der Waals surface area (Å²) in [4.78, 5) is 11.7. The van der Waals surface area contributed by atoms with Crippen LogP contribution in [0.25, 0.3) is 0 Å². The first kappa shape index (κ1) is 15.3. The van der Waals surface area contributed by atoms with Crippen molar-refractivity contribution >= 4 is 14.3 Å². The van der Waals surface area contributed by atoms with Crippen LogP contribution in [0.1, 0.15) is 36.2 Å². The highest BCUT2D eigenvalue weighted by molar-refractivity contribution is 6.69. The highest BCUT2D eigenvalue weighted by atomic mass is 28.4. The monoisotopic (exact) mass is 292 g/mol. The largest absolute Gasteiger partial charge is 0.465 e. The molecule has 1 unspecified atom stereocenters. The molecule has 1 fully saturated rings.